The van der Waals surface area contributed by atoms with Crippen LogP contribution in [0.2, 0.25) is 0 Å². The average Bonchev–Trinajstić information content (AvgIpc) is 2.36. The highest BCUT2D eigenvalue weighted by atomic mass is 15.1. The lowest BCUT2D eigenvalue weighted by Crippen LogP contribution is -2.44. The van der Waals surface area contributed by atoms with E-state index in [4.69, 9.17) is 11.0 Å². The summed E-state index contributed by atoms with van der Waals surface area (Å²) in [6.07, 6.45) is 4.82. The van der Waals surface area contributed by atoms with Gasteiger partial charge in [0.05, 0.1) is 5.54 Å². The summed E-state index contributed by atoms with van der Waals surface area (Å²) >= 11 is 0. The van der Waals surface area contributed by atoms with Crippen LogP contribution in [-0.4, -0.2) is 22.1 Å². The summed E-state index contributed by atoms with van der Waals surface area (Å²) in [5, 5.41) is 12.1. The predicted octanol–water partition coefficient (Wildman–Crippen LogP) is 1.28. The zero-order valence-electron chi connectivity index (χ0n) is 9.70. The van der Waals surface area contributed by atoms with Crippen molar-refractivity contribution in [2.45, 2.75) is 32.2 Å². The van der Waals surface area contributed by atoms with Crippen molar-refractivity contribution >= 4 is 5.82 Å². The maximum absolute atomic E-state index is 8.91. The summed E-state index contributed by atoms with van der Waals surface area (Å²) in [5.74, 6) is 0.513. The Labute approximate surface area is 95.7 Å². The molecule has 0 aliphatic carbocycles. The standard InChI is InChI=1S/C11H17N5/c1-3-11(4-2,8-13)16-10-9(7-12)14-5-6-15-10/h5-6H,3-4,8,13H2,1-2H3,(H,15,16). The van der Waals surface area contributed by atoms with Crippen LogP contribution >= 0.6 is 0 Å². The van der Waals surface area contributed by atoms with Crippen molar-refractivity contribution in [3.05, 3.63) is 18.1 Å². The van der Waals surface area contributed by atoms with Gasteiger partial charge in [-0.05, 0) is 12.8 Å². The van der Waals surface area contributed by atoms with E-state index in [1.165, 1.54) is 6.20 Å². The first kappa shape index (κ1) is 12.4. The Hall–Kier alpha value is -1.67. The molecule has 0 spiro atoms. The molecule has 0 aliphatic heterocycles. The van der Waals surface area contributed by atoms with Crippen LogP contribution in [0.3, 0.4) is 0 Å². The van der Waals surface area contributed by atoms with Crippen molar-refractivity contribution < 1.29 is 0 Å². The van der Waals surface area contributed by atoms with Gasteiger partial charge in [-0.25, -0.2) is 9.97 Å². The number of nitrogens with zero attached hydrogens (tertiary/aromatic N) is 3. The summed E-state index contributed by atoms with van der Waals surface area (Å²) in [4.78, 5) is 8.08. The third kappa shape index (κ3) is 2.47. The van der Waals surface area contributed by atoms with E-state index in [1.54, 1.807) is 6.20 Å². The maximum atomic E-state index is 8.91. The number of rotatable bonds is 5. The Balaban J connectivity index is 2.99. The van der Waals surface area contributed by atoms with Crippen molar-refractivity contribution in [1.82, 2.24) is 9.97 Å². The number of hydrogen-bond donors (Lipinski definition) is 2. The summed E-state index contributed by atoms with van der Waals surface area (Å²) in [7, 11) is 0. The summed E-state index contributed by atoms with van der Waals surface area (Å²) < 4.78 is 0. The molecule has 1 heterocycles. The molecule has 1 aromatic heterocycles. The number of nitriles is 1. The first-order valence-electron chi connectivity index (χ1n) is 5.40. The fourth-order valence-electron chi connectivity index (χ4n) is 1.53. The van der Waals surface area contributed by atoms with Gasteiger partial charge in [-0.3, -0.25) is 0 Å². The Morgan fingerprint density at radius 2 is 2.00 bits per heavy atom. The summed E-state index contributed by atoms with van der Waals surface area (Å²) in [6, 6.07) is 2.01. The van der Waals surface area contributed by atoms with E-state index >= 15 is 0 Å². The topological polar surface area (TPSA) is 87.6 Å². The van der Waals surface area contributed by atoms with Crippen molar-refractivity contribution in [2.24, 2.45) is 5.73 Å². The first-order valence-corrected chi connectivity index (χ1v) is 5.40. The normalized spacial score (nSPS) is 10.9. The maximum Gasteiger partial charge on any atom is 0.182 e. The molecule has 0 radical (unpaired) electrons. The van der Waals surface area contributed by atoms with Crippen molar-refractivity contribution in [1.29, 1.82) is 5.26 Å². The minimum Gasteiger partial charge on any atom is -0.361 e. The van der Waals surface area contributed by atoms with Gasteiger partial charge < -0.3 is 11.1 Å². The summed E-state index contributed by atoms with van der Waals surface area (Å²) in [6.45, 7) is 4.62. The highest BCUT2D eigenvalue weighted by Gasteiger charge is 2.25. The molecule has 0 atom stereocenters. The molecular formula is C11H17N5. The molecule has 0 unspecified atom stereocenters. The van der Waals surface area contributed by atoms with Crippen LogP contribution in [0.5, 0.6) is 0 Å². The fraction of sp³-hybridized carbons (Fsp3) is 0.545. The lowest BCUT2D eigenvalue weighted by atomic mass is 9.93. The van der Waals surface area contributed by atoms with Gasteiger partial charge in [0, 0.05) is 18.9 Å². The number of nitrogens with two attached hydrogens (primary N) is 1. The summed E-state index contributed by atoms with van der Waals surface area (Å²) in [5.41, 5.74) is 5.88. The molecule has 1 aromatic rings. The van der Waals surface area contributed by atoms with Crippen LogP contribution in [0.4, 0.5) is 5.82 Å². The highest BCUT2D eigenvalue weighted by Crippen LogP contribution is 2.20. The van der Waals surface area contributed by atoms with E-state index in [2.05, 4.69) is 29.1 Å². The molecule has 0 amide bonds. The molecule has 0 fully saturated rings. The van der Waals surface area contributed by atoms with Gasteiger partial charge in [0.25, 0.3) is 0 Å². The van der Waals surface area contributed by atoms with Crippen molar-refractivity contribution in [2.75, 3.05) is 11.9 Å². The second-order valence-corrected chi connectivity index (χ2v) is 3.68. The van der Waals surface area contributed by atoms with Gasteiger partial charge in [-0.15, -0.1) is 0 Å². The fourth-order valence-corrected chi connectivity index (χ4v) is 1.53. The van der Waals surface area contributed by atoms with Crippen LogP contribution in [0.1, 0.15) is 32.4 Å². The van der Waals surface area contributed by atoms with E-state index < -0.39 is 0 Å². The Morgan fingerprint density at radius 1 is 1.38 bits per heavy atom. The monoisotopic (exact) mass is 219 g/mol. The second kappa shape index (κ2) is 5.42. The van der Waals surface area contributed by atoms with Gasteiger partial charge in [0.1, 0.15) is 6.07 Å². The number of anilines is 1. The molecule has 0 saturated carbocycles. The largest absolute Gasteiger partial charge is 0.361 e. The average molecular weight is 219 g/mol. The lowest BCUT2D eigenvalue weighted by Gasteiger charge is -2.32. The molecule has 3 N–H and O–H groups in total. The molecule has 5 heteroatoms. The van der Waals surface area contributed by atoms with Gasteiger partial charge in [-0.2, -0.15) is 5.26 Å². The van der Waals surface area contributed by atoms with Crippen LogP contribution in [0.25, 0.3) is 0 Å². The zero-order valence-corrected chi connectivity index (χ0v) is 9.70. The first-order chi connectivity index (χ1) is 7.71. The SMILES string of the molecule is CCC(CC)(CN)Nc1nccnc1C#N. The van der Waals surface area contributed by atoms with Gasteiger partial charge >= 0.3 is 0 Å². The number of aromatic nitrogens is 2. The lowest BCUT2D eigenvalue weighted by molar-refractivity contribution is 0.443. The van der Waals surface area contributed by atoms with Crippen molar-refractivity contribution in [3.8, 4) is 6.07 Å². The van der Waals surface area contributed by atoms with E-state index in [1.807, 2.05) is 6.07 Å². The van der Waals surface area contributed by atoms with Gasteiger partial charge in [0.2, 0.25) is 0 Å². The van der Waals surface area contributed by atoms with Crippen LogP contribution in [-0.2, 0) is 0 Å². The minimum atomic E-state index is -0.207. The number of hydrogen-bond acceptors (Lipinski definition) is 5. The Kier molecular flexibility index (Phi) is 4.20. The second-order valence-electron chi connectivity index (χ2n) is 3.68. The van der Waals surface area contributed by atoms with E-state index in [0.717, 1.165) is 12.8 Å². The van der Waals surface area contributed by atoms with E-state index in [9.17, 15) is 0 Å². The van der Waals surface area contributed by atoms with Crippen molar-refractivity contribution in [3.63, 3.8) is 0 Å². The van der Waals surface area contributed by atoms with Gasteiger partial charge in [0.15, 0.2) is 11.5 Å². The third-order valence-corrected chi connectivity index (χ3v) is 2.93. The Morgan fingerprint density at radius 3 is 2.50 bits per heavy atom. The molecule has 0 aromatic carbocycles. The molecule has 0 aliphatic rings. The van der Waals surface area contributed by atoms with Crippen LogP contribution in [0.15, 0.2) is 12.4 Å². The molecule has 0 saturated heterocycles. The smallest absolute Gasteiger partial charge is 0.182 e. The van der Waals surface area contributed by atoms with E-state index in [-0.39, 0.29) is 5.54 Å². The number of nitrogens with one attached hydrogen (secondary N) is 1. The van der Waals surface area contributed by atoms with E-state index in [0.29, 0.717) is 18.1 Å². The zero-order chi connectivity index (χ0) is 12.0. The van der Waals surface area contributed by atoms with Crippen LogP contribution < -0.4 is 11.1 Å². The molecule has 0 bridgehead atoms. The van der Waals surface area contributed by atoms with Gasteiger partial charge in [-0.1, -0.05) is 13.8 Å². The third-order valence-electron chi connectivity index (χ3n) is 2.93. The Bertz CT molecular complexity index is 370. The molecule has 1 rings (SSSR count). The molecule has 86 valence electrons. The highest BCUT2D eigenvalue weighted by molar-refractivity contribution is 5.48. The predicted molar refractivity (Wildman–Crippen MR) is 62.7 cm³/mol. The van der Waals surface area contributed by atoms with Crippen LogP contribution in [0, 0.1) is 11.3 Å². The molecule has 5 nitrogen and oxygen atoms in total. The minimum absolute atomic E-state index is 0.207. The molecule has 16 heavy (non-hydrogen) atoms. The molecular weight excluding hydrogens is 202 g/mol. The quantitative estimate of drug-likeness (QED) is 0.778.